The first-order valence-corrected chi connectivity index (χ1v) is 12.3. The van der Waals surface area contributed by atoms with E-state index >= 15 is 0 Å². The predicted octanol–water partition coefficient (Wildman–Crippen LogP) is 1.22. The number of nitrogens with zero attached hydrogens (tertiary/aromatic N) is 6. The maximum Gasteiger partial charge on any atom is 0.195 e. The fraction of sp³-hybridized carbons (Fsp3) is 0.583. The number of rotatable bonds is 7. The molecular weight excluding hydrogens is 509 g/mol. The second kappa shape index (κ2) is 9.68. The van der Waals surface area contributed by atoms with Crippen molar-refractivity contribution in [3.63, 3.8) is 0 Å². The number of aromatic nitrogens is 6. The van der Waals surface area contributed by atoms with Crippen LogP contribution in [-0.2, 0) is 20.6 Å². The summed E-state index contributed by atoms with van der Waals surface area (Å²) in [7, 11) is 1.44. The van der Waals surface area contributed by atoms with Crippen molar-refractivity contribution in [3.8, 4) is 11.3 Å². The molecule has 1 spiro atoms. The highest BCUT2D eigenvalue weighted by molar-refractivity contribution is 5.58. The molecule has 0 radical (unpaired) electrons. The third kappa shape index (κ3) is 4.20. The molecule has 38 heavy (non-hydrogen) atoms. The average molecular weight is 537 g/mol. The van der Waals surface area contributed by atoms with E-state index in [4.69, 9.17) is 14.2 Å². The second-order valence-electron chi connectivity index (χ2n) is 10.3. The van der Waals surface area contributed by atoms with Crippen LogP contribution in [0.3, 0.4) is 0 Å². The van der Waals surface area contributed by atoms with Gasteiger partial charge in [0.1, 0.15) is 30.0 Å². The molecule has 1 saturated carbocycles. The van der Waals surface area contributed by atoms with Crippen molar-refractivity contribution in [1.29, 1.82) is 0 Å². The summed E-state index contributed by atoms with van der Waals surface area (Å²) in [6.45, 7) is 1.09. The monoisotopic (exact) mass is 536 g/mol. The summed E-state index contributed by atoms with van der Waals surface area (Å²) in [4.78, 5) is 0. The van der Waals surface area contributed by atoms with Crippen LogP contribution in [0.2, 0.25) is 0 Å². The molecule has 4 heterocycles. The molecule has 3 aromatic rings. The van der Waals surface area contributed by atoms with E-state index in [-0.39, 0.29) is 29.1 Å². The Morgan fingerprint density at radius 2 is 1.82 bits per heavy atom. The molecule has 2 N–H and O–H groups in total. The van der Waals surface area contributed by atoms with Crippen LogP contribution in [0.5, 0.6) is 0 Å². The van der Waals surface area contributed by atoms with Crippen LogP contribution in [0.25, 0.3) is 11.3 Å². The zero-order valence-corrected chi connectivity index (χ0v) is 20.5. The summed E-state index contributed by atoms with van der Waals surface area (Å²) in [5.41, 5.74) is 0.577. The van der Waals surface area contributed by atoms with Crippen molar-refractivity contribution in [2.75, 3.05) is 26.9 Å². The van der Waals surface area contributed by atoms with Gasteiger partial charge < -0.3 is 24.4 Å². The third-order valence-corrected chi connectivity index (χ3v) is 7.86. The second-order valence-corrected chi connectivity index (χ2v) is 10.3. The molecule has 3 aliphatic rings. The van der Waals surface area contributed by atoms with Gasteiger partial charge >= 0.3 is 0 Å². The lowest BCUT2D eigenvalue weighted by atomic mass is 9.64. The Morgan fingerprint density at radius 3 is 2.50 bits per heavy atom. The molecule has 1 aromatic carbocycles. The number of aliphatic hydroxyl groups is 2. The molecule has 0 amide bonds. The molecule has 5 atom stereocenters. The predicted molar refractivity (Wildman–Crippen MR) is 122 cm³/mol. The first kappa shape index (κ1) is 25.4. The molecule has 2 saturated heterocycles. The van der Waals surface area contributed by atoms with Gasteiger partial charge in [-0.05, 0) is 25.0 Å². The van der Waals surface area contributed by atoms with Crippen LogP contribution in [0.4, 0.5) is 13.2 Å². The molecular formula is C24H27F3N6O5. The molecule has 2 aromatic heterocycles. The zero-order valence-electron chi connectivity index (χ0n) is 20.5. The Kier molecular flexibility index (Phi) is 6.46. The van der Waals surface area contributed by atoms with E-state index in [1.54, 1.807) is 0 Å². The minimum absolute atomic E-state index is 0.0647. The van der Waals surface area contributed by atoms with Gasteiger partial charge in [0.25, 0.3) is 0 Å². The van der Waals surface area contributed by atoms with E-state index in [9.17, 15) is 23.4 Å². The molecule has 3 fully saturated rings. The number of methoxy groups -OCH3 is 1. The molecule has 6 rings (SSSR count). The minimum atomic E-state index is -1.62. The minimum Gasteiger partial charge on any atom is -0.394 e. The maximum absolute atomic E-state index is 14.4. The van der Waals surface area contributed by atoms with Gasteiger partial charge in [-0.1, -0.05) is 10.4 Å². The number of hydrogen-bond acceptors (Lipinski definition) is 9. The van der Waals surface area contributed by atoms with Gasteiger partial charge in [-0.25, -0.2) is 22.5 Å². The highest BCUT2D eigenvalue weighted by atomic mass is 19.2. The number of hydrogen-bond donors (Lipinski definition) is 2. The van der Waals surface area contributed by atoms with E-state index in [2.05, 4.69) is 20.6 Å². The zero-order chi connectivity index (χ0) is 26.6. The summed E-state index contributed by atoms with van der Waals surface area (Å²) < 4.78 is 61.7. The van der Waals surface area contributed by atoms with Crippen molar-refractivity contribution >= 4 is 0 Å². The Hall–Kier alpha value is -2.91. The SMILES string of the molecule is CO[C@@H]1[C@@H](n2cc(-c3ccc(F)c(F)c3F)nn2)[C@@H](O)[C@@H](CO)O[C@@H]1Cc1cn(C2CC3(COC3)C2)nn1. The molecule has 0 unspecified atom stereocenters. The van der Waals surface area contributed by atoms with E-state index in [0.29, 0.717) is 5.69 Å². The van der Waals surface area contributed by atoms with Crippen LogP contribution in [0.1, 0.15) is 30.6 Å². The highest BCUT2D eigenvalue weighted by Gasteiger charge is 2.51. The van der Waals surface area contributed by atoms with Crippen molar-refractivity contribution in [2.24, 2.45) is 5.41 Å². The maximum atomic E-state index is 14.4. The smallest absolute Gasteiger partial charge is 0.195 e. The van der Waals surface area contributed by atoms with Crippen LogP contribution in [-0.4, -0.2) is 91.5 Å². The van der Waals surface area contributed by atoms with Crippen molar-refractivity contribution in [1.82, 2.24) is 30.0 Å². The van der Waals surface area contributed by atoms with Crippen molar-refractivity contribution in [2.45, 2.75) is 55.8 Å². The Balaban J connectivity index is 1.23. The van der Waals surface area contributed by atoms with E-state index in [1.165, 1.54) is 18.0 Å². The lowest BCUT2D eigenvalue weighted by molar-refractivity contribution is -0.212. The number of benzene rings is 1. The van der Waals surface area contributed by atoms with Gasteiger partial charge in [0.05, 0.1) is 43.9 Å². The first-order chi connectivity index (χ1) is 18.3. The molecule has 1 aliphatic carbocycles. The van der Waals surface area contributed by atoms with E-state index < -0.39 is 54.5 Å². The summed E-state index contributed by atoms with van der Waals surface area (Å²) in [5.74, 6) is -4.34. The van der Waals surface area contributed by atoms with E-state index in [1.807, 2.05) is 10.9 Å². The Morgan fingerprint density at radius 1 is 1.05 bits per heavy atom. The molecule has 204 valence electrons. The molecule has 14 heteroatoms. The number of aliphatic hydroxyl groups excluding tert-OH is 2. The fourth-order valence-corrected chi connectivity index (χ4v) is 5.74. The highest BCUT2D eigenvalue weighted by Crippen LogP contribution is 2.52. The largest absolute Gasteiger partial charge is 0.394 e. The fourth-order valence-electron chi connectivity index (χ4n) is 5.74. The third-order valence-electron chi connectivity index (χ3n) is 7.86. The Labute approximate surface area is 215 Å². The Bertz CT molecular complexity index is 1310. The van der Waals surface area contributed by atoms with Crippen LogP contribution >= 0.6 is 0 Å². The standard InChI is InChI=1S/C24H27F3N6O5/c1-36-23-17(4-12-7-32(30-28-12)13-5-24(6-13)10-37-11-24)38-18(9-34)22(35)21(23)33-8-16(29-31-33)14-2-3-15(25)20(27)19(14)26/h2-3,7-8,13,17-18,21-23,34-35H,4-6,9-11H2,1H3/t17-,18-,21+,22+,23+/m1/s1. The summed E-state index contributed by atoms with van der Waals surface area (Å²) in [6, 6.07) is 1.21. The van der Waals surface area contributed by atoms with Gasteiger partial charge in [0, 0.05) is 30.7 Å². The summed E-state index contributed by atoms with van der Waals surface area (Å²) >= 11 is 0. The van der Waals surface area contributed by atoms with Gasteiger partial charge in [0.15, 0.2) is 17.5 Å². The van der Waals surface area contributed by atoms with E-state index in [0.717, 1.165) is 38.2 Å². The van der Waals surface area contributed by atoms with Gasteiger partial charge in [-0.15, -0.1) is 10.2 Å². The average Bonchev–Trinajstić information content (AvgIpc) is 3.51. The normalized spacial score (nSPS) is 28.8. The first-order valence-electron chi connectivity index (χ1n) is 12.3. The lowest BCUT2D eigenvalue weighted by Gasteiger charge is -2.52. The number of halogens is 3. The quantitative estimate of drug-likeness (QED) is 0.428. The molecule has 0 bridgehead atoms. The van der Waals surface area contributed by atoms with Gasteiger partial charge in [-0.3, -0.25) is 0 Å². The summed E-state index contributed by atoms with van der Waals surface area (Å²) in [6.07, 6.45) is 1.74. The van der Waals surface area contributed by atoms with Crippen LogP contribution < -0.4 is 0 Å². The van der Waals surface area contributed by atoms with Crippen molar-refractivity contribution in [3.05, 3.63) is 47.7 Å². The van der Waals surface area contributed by atoms with Gasteiger partial charge in [-0.2, -0.15) is 0 Å². The summed E-state index contributed by atoms with van der Waals surface area (Å²) in [5, 5.41) is 37.4. The molecule has 2 aliphatic heterocycles. The van der Waals surface area contributed by atoms with Gasteiger partial charge in [0.2, 0.25) is 0 Å². The van der Waals surface area contributed by atoms with Crippen molar-refractivity contribution < 1.29 is 37.6 Å². The number of ether oxygens (including phenoxy) is 3. The topological polar surface area (TPSA) is 130 Å². The van der Waals surface area contributed by atoms with Crippen LogP contribution in [0.15, 0.2) is 24.5 Å². The van der Waals surface area contributed by atoms with Crippen LogP contribution in [0, 0.1) is 22.9 Å². The molecule has 11 nitrogen and oxygen atoms in total. The lowest BCUT2D eigenvalue weighted by Crippen LogP contribution is -2.57.